The van der Waals surface area contributed by atoms with Gasteiger partial charge in [0.1, 0.15) is 0 Å². The molecule has 4 heteroatoms. The van der Waals surface area contributed by atoms with Crippen LogP contribution < -0.4 is 0 Å². The van der Waals surface area contributed by atoms with Crippen LogP contribution in [0.5, 0.6) is 0 Å². The van der Waals surface area contributed by atoms with Crippen molar-refractivity contribution in [1.82, 2.24) is 4.90 Å². The van der Waals surface area contributed by atoms with Crippen molar-refractivity contribution in [3.05, 3.63) is 21.9 Å². The van der Waals surface area contributed by atoms with Crippen molar-refractivity contribution in [1.29, 1.82) is 0 Å². The Morgan fingerprint density at radius 1 is 1.44 bits per heavy atom. The topological polar surface area (TPSA) is 20.3 Å². The average Bonchev–Trinajstić information content (AvgIpc) is 3.05. The molecule has 2 aliphatic rings. The number of carbonyl (C=O) groups is 1. The molecule has 1 fully saturated rings. The number of nitrogens with zero attached hydrogens (tertiary/aromatic N) is 1. The molecule has 1 aliphatic heterocycles. The minimum atomic E-state index is 0.139. The van der Waals surface area contributed by atoms with Gasteiger partial charge >= 0.3 is 0 Å². The molecule has 0 bridgehead atoms. The summed E-state index contributed by atoms with van der Waals surface area (Å²) in [5.74, 6) is 0.510. The number of likely N-dealkylation sites (tertiary alicyclic amines) is 1. The highest BCUT2D eigenvalue weighted by atomic mass is 79.9. The molecule has 0 saturated carbocycles. The predicted octanol–water partition coefficient (Wildman–Crippen LogP) is 3.55. The maximum atomic E-state index is 12.7. The van der Waals surface area contributed by atoms with E-state index in [-0.39, 0.29) is 5.92 Å². The van der Waals surface area contributed by atoms with E-state index in [0.717, 1.165) is 37.6 Å². The summed E-state index contributed by atoms with van der Waals surface area (Å²) in [6.45, 7) is 0.949. The first-order chi connectivity index (χ1) is 8.81. The van der Waals surface area contributed by atoms with Gasteiger partial charge < -0.3 is 4.90 Å². The Morgan fingerprint density at radius 3 is 3.17 bits per heavy atom. The number of amides is 1. The number of hydrogen-bond acceptors (Lipinski definition) is 2. The number of alkyl halides is 1. The third-order valence-electron chi connectivity index (χ3n) is 4.19. The van der Waals surface area contributed by atoms with Crippen molar-refractivity contribution in [3.8, 4) is 0 Å². The van der Waals surface area contributed by atoms with Gasteiger partial charge in [-0.3, -0.25) is 4.79 Å². The molecule has 0 N–H and O–H groups in total. The van der Waals surface area contributed by atoms with Crippen LogP contribution in [0.3, 0.4) is 0 Å². The Kier molecular flexibility index (Phi) is 3.76. The fraction of sp³-hybridized carbons (Fsp3) is 0.643. The summed E-state index contributed by atoms with van der Waals surface area (Å²) in [6, 6.07) is 2.59. The van der Waals surface area contributed by atoms with E-state index < -0.39 is 0 Å². The van der Waals surface area contributed by atoms with Crippen LogP contribution in [0.15, 0.2) is 11.4 Å². The quantitative estimate of drug-likeness (QED) is 0.760. The molecule has 2 unspecified atom stereocenters. The number of halogens is 1. The van der Waals surface area contributed by atoms with E-state index in [1.54, 1.807) is 0 Å². The van der Waals surface area contributed by atoms with Crippen molar-refractivity contribution in [2.75, 3.05) is 11.9 Å². The summed E-state index contributed by atoms with van der Waals surface area (Å²) in [5, 5.41) is 3.06. The van der Waals surface area contributed by atoms with E-state index in [2.05, 4.69) is 32.3 Å². The number of thiophene rings is 1. The molecule has 1 aromatic rings. The first kappa shape index (κ1) is 12.7. The highest BCUT2D eigenvalue weighted by Gasteiger charge is 2.35. The molecule has 18 heavy (non-hydrogen) atoms. The van der Waals surface area contributed by atoms with Gasteiger partial charge in [0.2, 0.25) is 5.91 Å². The molecule has 0 spiro atoms. The van der Waals surface area contributed by atoms with Gasteiger partial charge in [-0.25, -0.2) is 0 Å². The van der Waals surface area contributed by atoms with Crippen LogP contribution in [0, 0.1) is 0 Å². The van der Waals surface area contributed by atoms with E-state index in [4.69, 9.17) is 0 Å². The third-order valence-corrected chi connectivity index (χ3v) is 5.93. The van der Waals surface area contributed by atoms with Gasteiger partial charge in [0.15, 0.2) is 0 Å². The highest BCUT2D eigenvalue weighted by Crippen LogP contribution is 2.37. The van der Waals surface area contributed by atoms with Crippen molar-refractivity contribution >= 4 is 33.2 Å². The Hall–Kier alpha value is -0.350. The minimum Gasteiger partial charge on any atom is -0.338 e. The monoisotopic (exact) mass is 327 g/mol. The molecule has 1 saturated heterocycles. The standard InChI is InChI=1S/C14H18BrNOS/c15-9-10-3-2-7-16(10)14(17)12-4-1-5-13-11(12)6-8-18-13/h6,8,10,12H,1-5,7,9H2. The molecule has 1 amide bonds. The summed E-state index contributed by atoms with van der Waals surface area (Å²) in [5.41, 5.74) is 1.32. The largest absolute Gasteiger partial charge is 0.338 e. The first-order valence-corrected chi connectivity index (χ1v) is 8.74. The molecule has 2 nitrogen and oxygen atoms in total. The molecular weight excluding hydrogens is 310 g/mol. The second kappa shape index (κ2) is 5.33. The predicted molar refractivity (Wildman–Crippen MR) is 78.5 cm³/mol. The van der Waals surface area contributed by atoms with E-state index in [1.807, 2.05) is 11.3 Å². The van der Waals surface area contributed by atoms with Crippen LogP contribution in [0.4, 0.5) is 0 Å². The van der Waals surface area contributed by atoms with Gasteiger partial charge in [0, 0.05) is 22.8 Å². The fourth-order valence-corrected chi connectivity index (χ4v) is 4.89. The lowest BCUT2D eigenvalue weighted by atomic mass is 9.86. The van der Waals surface area contributed by atoms with E-state index in [1.165, 1.54) is 16.9 Å². The van der Waals surface area contributed by atoms with Crippen molar-refractivity contribution in [3.63, 3.8) is 0 Å². The lowest BCUT2D eigenvalue weighted by Crippen LogP contribution is -2.40. The van der Waals surface area contributed by atoms with Gasteiger partial charge in [-0.05, 0) is 49.1 Å². The van der Waals surface area contributed by atoms with Gasteiger partial charge in [0.05, 0.1) is 5.92 Å². The maximum Gasteiger partial charge on any atom is 0.230 e. The molecule has 98 valence electrons. The Morgan fingerprint density at radius 2 is 2.33 bits per heavy atom. The summed E-state index contributed by atoms with van der Waals surface area (Å²) in [7, 11) is 0. The smallest absolute Gasteiger partial charge is 0.230 e. The van der Waals surface area contributed by atoms with Crippen molar-refractivity contribution in [2.24, 2.45) is 0 Å². The SMILES string of the molecule is O=C(C1CCCc2sccc21)N1CCCC1CBr. The molecule has 3 rings (SSSR count). The van der Waals surface area contributed by atoms with Gasteiger partial charge in [-0.1, -0.05) is 15.9 Å². The molecule has 2 atom stereocenters. The number of rotatable bonds is 2. The van der Waals surface area contributed by atoms with Gasteiger partial charge in [-0.15, -0.1) is 11.3 Å². The number of hydrogen-bond donors (Lipinski definition) is 0. The molecule has 1 aromatic heterocycles. The van der Waals surface area contributed by atoms with Crippen molar-refractivity contribution < 1.29 is 4.79 Å². The number of aryl methyl sites for hydroxylation is 1. The Balaban J connectivity index is 1.82. The lowest BCUT2D eigenvalue weighted by molar-refractivity contribution is -0.133. The summed E-state index contributed by atoms with van der Waals surface area (Å²) < 4.78 is 0. The molecule has 0 radical (unpaired) electrons. The second-order valence-electron chi connectivity index (χ2n) is 5.23. The minimum absolute atomic E-state index is 0.139. The number of carbonyl (C=O) groups excluding carboxylic acids is 1. The van der Waals surface area contributed by atoms with Crippen LogP contribution in [0.1, 0.15) is 42.0 Å². The Bertz CT molecular complexity index is 445. The van der Waals surface area contributed by atoms with Crippen molar-refractivity contribution in [2.45, 2.75) is 44.1 Å². The molecule has 0 aromatic carbocycles. The van der Waals surface area contributed by atoms with Gasteiger partial charge in [-0.2, -0.15) is 0 Å². The fourth-order valence-electron chi connectivity index (χ4n) is 3.23. The molecule has 1 aliphatic carbocycles. The van der Waals surface area contributed by atoms with Crippen LogP contribution in [0.25, 0.3) is 0 Å². The van der Waals surface area contributed by atoms with Crippen LogP contribution in [0.2, 0.25) is 0 Å². The second-order valence-corrected chi connectivity index (χ2v) is 6.87. The zero-order valence-electron chi connectivity index (χ0n) is 10.4. The first-order valence-electron chi connectivity index (χ1n) is 6.74. The van der Waals surface area contributed by atoms with Gasteiger partial charge in [0.25, 0.3) is 0 Å². The molecular formula is C14H18BrNOS. The third kappa shape index (κ3) is 2.14. The average molecular weight is 328 g/mol. The zero-order valence-corrected chi connectivity index (χ0v) is 12.8. The van der Waals surface area contributed by atoms with E-state index in [9.17, 15) is 4.79 Å². The van der Waals surface area contributed by atoms with E-state index in [0.29, 0.717) is 11.9 Å². The van der Waals surface area contributed by atoms with Crippen LogP contribution in [-0.4, -0.2) is 28.7 Å². The normalized spacial score (nSPS) is 27.3. The summed E-state index contributed by atoms with van der Waals surface area (Å²) >= 11 is 5.36. The summed E-state index contributed by atoms with van der Waals surface area (Å²) in [6.07, 6.45) is 5.68. The van der Waals surface area contributed by atoms with Crippen LogP contribution >= 0.6 is 27.3 Å². The number of fused-ring (bicyclic) bond motifs is 1. The Labute approximate surface area is 120 Å². The summed E-state index contributed by atoms with van der Waals surface area (Å²) in [4.78, 5) is 16.3. The zero-order chi connectivity index (χ0) is 12.5. The van der Waals surface area contributed by atoms with Crippen LogP contribution in [-0.2, 0) is 11.2 Å². The lowest BCUT2D eigenvalue weighted by Gasteiger charge is -2.30. The highest BCUT2D eigenvalue weighted by molar-refractivity contribution is 9.09. The van der Waals surface area contributed by atoms with E-state index >= 15 is 0 Å². The molecule has 2 heterocycles. The maximum absolute atomic E-state index is 12.7.